The van der Waals surface area contributed by atoms with Crippen LogP contribution in [0.4, 0.5) is 0 Å². The van der Waals surface area contributed by atoms with Crippen molar-refractivity contribution in [2.45, 2.75) is 25.9 Å². The highest BCUT2D eigenvalue weighted by Gasteiger charge is 2.30. The van der Waals surface area contributed by atoms with Gasteiger partial charge in [0.2, 0.25) is 0 Å². The Balaban J connectivity index is 1.37. The van der Waals surface area contributed by atoms with Crippen LogP contribution in [0.15, 0.2) is 46.6 Å². The van der Waals surface area contributed by atoms with Crippen molar-refractivity contribution in [3.8, 4) is 0 Å². The van der Waals surface area contributed by atoms with Crippen LogP contribution in [0.25, 0.3) is 10.9 Å². The Morgan fingerprint density at radius 3 is 2.69 bits per heavy atom. The zero-order valence-electron chi connectivity index (χ0n) is 16.0. The first kappa shape index (κ1) is 19.3. The smallest absolute Gasteiger partial charge is 0.309 e. The van der Waals surface area contributed by atoms with Gasteiger partial charge in [-0.25, -0.2) is 4.98 Å². The third-order valence-corrected chi connectivity index (χ3v) is 6.01. The number of ether oxygens (including phenoxy) is 1. The average Bonchev–Trinajstić information content (AvgIpc) is 3.28. The van der Waals surface area contributed by atoms with Crippen LogP contribution in [0.2, 0.25) is 0 Å². The third kappa shape index (κ3) is 4.07. The van der Waals surface area contributed by atoms with Gasteiger partial charge >= 0.3 is 5.97 Å². The summed E-state index contributed by atoms with van der Waals surface area (Å²) in [6.45, 7) is 2.74. The standard InChI is InChI=1S/C21H21N3O4S/c1-13(18-22-16-6-3-2-5-15(16)19(25)23-18)28-21(27)14-8-10-24(11-9-14)20(26)17-7-4-12-29-17/h2-7,12-14H,8-11H2,1H3,(H,22,23,25)/t13-/m0/s1. The Morgan fingerprint density at radius 1 is 1.21 bits per heavy atom. The number of nitrogens with one attached hydrogen (secondary N) is 1. The Kier molecular flexibility index (Phi) is 5.44. The van der Waals surface area contributed by atoms with Gasteiger partial charge in [-0.1, -0.05) is 18.2 Å². The second-order valence-corrected chi connectivity index (χ2v) is 8.04. The number of aromatic nitrogens is 2. The summed E-state index contributed by atoms with van der Waals surface area (Å²) in [6, 6.07) is 10.7. The predicted octanol–water partition coefficient (Wildman–Crippen LogP) is 3.14. The Morgan fingerprint density at radius 2 is 1.97 bits per heavy atom. The van der Waals surface area contributed by atoms with Crippen LogP contribution in [0.5, 0.6) is 0 Å². The summed E-state index contributed by atoms with van der Waals surface area (Å²) in [7, 11) is 0. The second kappa shape index (κ2) is 8.16. The number of esters is 1. The Hall–Kier alpha value is -3.00. The molecule has 1 fully saturated rings. The molecule has 1 N–H and O–H groups in total. The van der Waals surface area contributed by atoms with E-state index in [0.29, 0.717) is 47.5 Å². The number of benzene rings is 1. The summed E-state index contributed by atoms with van der Waals surface area (Å²) in [4.78, 5) is 46.8. The molecule has 1 aromatic carbocycles. The van der Waals surface area contributed by atoms with E-state index in [2.05, 4.69) is 9.97 Å². The van der Waals surface area contributed by atoms with Crippen LogP contribution in [0.1, 0.15) is 41.4 Å². The van der Waals surface area contributed by atoms with E-state index in [1.54, 1.807) is 36.1 Å². The lowest BCUT2D eigenvalue weighted by Crippen LogP contribution is -2.40. The lowest BCUT2D eigenvalue weighted by atomic mass is 9.97. The Bertz CT molecular complexity index is 1080. The number of fused-ring (bicyclic) bond motifs is 1. The molecule has 1 aliphatic heterocycles. The number of carbonyl (C=O) groups is 2. The van der Waals surface area contributed by atoms with E-state index in [1.165, 1.54) is 11.3 Å². The first-order valence-corrected chi connectivity index (χ1v) is 10.4. The highest BCUT2D eigenvalue weighted by atomic mass is 32.1. The molecule has 3 heterocycles. The number of aromatic amines is 1. The molecule has 0 bridgehead atoms. The largest absolute Gasteiger partial charge is 0.454 e. The number of H-pyrrole nitrogens is 1. The van der Waals surface area contributed by atoms with Gasteiger partial charge in [0.15, 0.2) is 11.9 Å². The van der Waals surface area contributed by atoms with Gasteiger partial charge in [0.25, 0.3) is 11.5 Å². The second-order valence-electron chi connectivity index (χ2n) is 7.09. The van der Waals surface area contributed by atoms with Crippen molar-refractivity contribution in [1.29, 1.82) is 0 Å². The van der Waals surface area contributed by atoms with E-state index in [1.807, 2.05) is 17.5 Å². The molecule has 7 nitrogen and oxygen atoms in total. The SMILES string of the molecule is C[C@H](OC(=O)C1CCN(C(=O)c2cccs2)CC1)c1nc2ccccc2c(=O)[nH]1. The molecule has 2 aromatic heterocycles. The van der Waals surface area contributed by atoms with E-state index in [0.717, 1.165) is 0 Å². The van der Waals surface area contributed by atoms with Crippen LogP contribution >= 0.6 is 11.3 Å². The first-order valence-electron chi connectivity index (χ1n) is 9.55. The number of para-hydroxylation sites is 1. The molecular formula is C21H21N3O4S. The zero-order valence-corrected chi connectivity index (χ0v) is 16.8. The van der Waals surface area contributed by atoms with E-state index in [-0.39, 0.29) is 23.4 Å². The molecule has 0 unspecified atom stereocenters. The normalized spacial score (nSPS) is 16.0. The van der Waals surface area contributed by atoms with Crippen LogP contribution in [-0.2, 0) is 9.53 Å². The fraction of sp³-hybridized carbons (Fsp3) is 0.333. The molecule has 1 saturated heterocycles. The van der Waals surface area contributed by atoms with Gasteiger partial charge in [-0.3, -0.25) is 14.4 Å². The highest BCUT2D eigenvalue weighted by molar-refractivity contribution is 7.12. The topological polar surface area (TPSA) is 92.4 Å². The summed E-state index contributed by atoms with van der Waals surface area (Å²) in [5.41, 5.74) is 0.309. The van der Waals surface area contributed by atoms with Crippen LogP contribution in [0.3, 0.4) is 0 Å². The molecule has 1 aliphatic rings. The van der Waals surface area contributed by atoms with Crippen molar-refractivity contribution >= 4 is 34.1 Å². The number of amides is 1. The van der Waals surface area contributed by atoms with Gasteiger partial charge in [-0.05, 0) is 43.3 Å². The number of likely N-dealkylation sites (tertiary alicyclic amines) is 1. The molecule has 0 radical (unpaired) electrons. The molecule has 150 valence electrons. The number of piperidine rings is 1. The summed E-state index contributed by atoms with van der Waals surface area (Å²) < 4.78 is 5.57. The number of rotatable bonds is 4. The minimum atomic E-state index is -0.661. The molecule has 0 saturated carbocycles. The number of nitrogens with zero attached hydrogens (tertiary/aromatic N) is 2. The average molecular weight is 411 g/mol. The summed E-state index contributed by atoms with van der Waals surface area (Å²) in [6.07, 6.45) is 0.458. The Labute approximate surface area is 171 Å². The summed E-state index contributed by atoms with van der Waals surface area (Å²) in [5.74, 6) is -0.251. The summed E-state index contributed by atoms with van der Waals surface area (Å²) in [5, 5.41) is 2.38. The predicted molar refractivity (Wildman–Crippen MR) is 110 cm³/mol. The first-order chi connectivity index (χ1) is 14.0. The minimum absolute atomic E-state index is 0.0122. The van der Waals surface area contributed by atoms with Gasteiger partial charge in [0.1, 0.15) is 0 Å². The van der Waals surface area contributed by atoms with E-state index < -0.39 is 6.10 Å². The highest BCUT2D eigenvalue weighted by Crippen LogP contribution is 2.24. The van der Waals surface area contributed by atoms with Gasteiger partial charge in [0, 0.05) is 13.1 Å². The molecule has 8 heteroatoms. The molecule has 0 aliphatic carbocycles. The van der Waals surface area contributed by atoms with Crippen molar-refractivity contribution in [2.24, 2.45) is 5.92 Å². The zero-order chi connectivity index (χ0) is 20.4. The fourth-order valence-corrected chi connectivity index (χ4v) is 4.19. The van der Waals surface area contributed by atoms with Crippen molar-refractivity contribution in [3.05, 3.63) is 62.8 Å². The van der Waals surface area contributed by atoms with Gasteiger partial charge in [-0.15, -0.1) is 11.3 Å². The molecule has 4 rings (SSSR count). The molecule has 29 heavy (non-hydrogen) atoms. The third-order valence-electron chi connectivity index (χ3n) is 5.16. The maximum absolute atomic E-state index is 12.6. The lowest BCUT2D eigenvalue weighted by molar-refractivity contribution is -0.155. The molecular weight excluding hydrogens is 390 g/mol. The van der Waals surface area contributed by atoms with E-state index >= 15 is 0 Å². The lowest BCUT2D eigenvalue weighted by Gasteiger charge is -2.31. The van der Waals surface area contributed by atoms with E-state index in [9.17, 15) is 14.4 Å². The van der Waals surface area contributed by atoms with Crippen LogP contribution in [0, 0.1) is 5.92 Å². The van der Waals surface area contributed by atoms with Gasteiger partial charge in [0.05, 0.1) is 21.7 Å². The van der Waals surface area contributed by atoms with Gasteiger partial charge in [-0.2, -0.15) is 0 Å². The number of hydrogen-bond acceptors (Lipinski definition) is 6. The molecule has 1 atom stereocenters. The van der Waals surface area contributed by atoms with Crippen molar-refractivity contribution in [1.82, 2.24) is 14.9 Å². The molecule has 0 spiro atoms. The van der Waals surface area contributed by atoms with Gasteiger partial charge < -0.3 is 14.6 Å². The van der Waals surface area contributed by atoms with Crippen molar-refractivity contribution in [3.63, 3.8) is 0 Å². The van der Waals surface area contributed by atoms with Crippen molar-refractivity contribution < 1.29 is 14.3 Å². The number of hydrogen-bond donors (Lipinski definition) is 1. The maximum Gasteiger partial charge on any atom is 0.309 e. The monoisotopic (exact) mass is 411 g/mol. The molecule has 3 aromatic rings. The number of carbonyl (C=O) groups excluding carboxylic acids is 2. The summed E-state index contributed by atoms with van der Waals surface area (Å²) >= 11 is 1.42. The molecule has 1 amide bonds. The fourth-order valence-electron chi connectivity index (χ4n) is 3.50. The number of thiophene rings is 1. The maximum atomic E-state index is 12.6. The quantitative estimate of drug-likeness (QED) is 0.666. The van der Waals surface area contributed by atoms with Crippen LogP contribution < -0.4 is 5.56 Å². The van der Waals surface area contributed by atoms with Crippen molar-refractivity contribution in [2.75, 3.05) is 13.1 Å². The van der Waals surface area contributed by atoms with E-state index in [4.69, 9.17) is 4.74 Å². The minimum Gasteiger partial charge on any atom is -0.454 e. The van der Waals surface area contributed by atoms with Crippen LogP contribution in [-0.4, -0.2) is 39.8 Å².